The van der Waals surface area contributed by atoms with Crippen LogP contribution < -0.4 is 5.32 Å². The van der Waals surface area contributed by atoms with E-state index in [1.54, 1.807) is 0 Å². The molecule has 1 unspecified atom stereocenters. The summed E-state index contributed by atoms with van der Waals surface area (Å²) in [6, 6.07) is 0.696. The fraction of sp³-hybridized carbons (Fsp3) is 1.00. The van der Waals surface area contributed by atoms with Crippen molar-refractivity contribution in [2.24, 2.45) is 10.8 Å². The van der Waals surface area contributed by atoms with Crippen LogP contribution in [0.1, 0.15) is 66.7 Å². The fourth-order valence-electron chi connectivity index (χ4n) is 2.61. The highest BCUT2D eigenvalue weighted by molar-refractivity contribution is 7.99. The molecule has 0 aromatic heterocycles. The molecule has 1 aliphatic rings. The lowest BCUT2D eigenvalue weighted by atomic mass is 9.80. The first-order valence-electron chi connectivity index (χ1n) is 7.68. The van der Waals surface area contributed by atoms with E-state index in [-0.39, 0.29) is 0 Å². The molecule has 0 aromatic carbocycles. The maximum Gasteiger partial charge on any atom is 0.0209 e. The molecule has 2 heteroatoms. The van der Waals surface area contributed by atoms with Crippen molar-refractivity contribution in [3.63, 3.8) is 0 Å². The Morgan fingerprint density at radius 3 is 2.61 bits per heavy atom. The van der Waals surface area contributed by atoms with Crippen molar-refractivity contribution >= 4 is 11.8 Å². The van der Waals surface area contributed by atoms with Gasteiger partial charge in [0.05, 0.1) is 0 Å². The van der Waals surface area contributed by atoms with E-state index in [0.29, 0.717) is 16.9 Å². The number of thioether (sulfide) groups is 1. The number of unbranched alkanes of at least 4 members (excludes halogenated alkanes) is 2. The summed E-state index contributed by atoms with van der Waals surface area (Å²) in [6.07, 6.45) is 6.80. The Balaban J connectivity index is 2.33. The van der Waals surface area contributed by atoms with Gasteiger partial charge in [-0.25, -0.2) is 0 Å². The van der Waals surface area contributed by atoms with Gasteiger partial charge in [-0.2, -0.15) is 11.8 Å². The highest BCUT2D eigenvalue weighted by Gasteiger charge is 2.33. The third-order valence-corrected chi connectivity index (χ3v) is 5.46. The lowest BCUT2D eigenvalue weighted by molar-refractivity contribution is 0.209. The van der Waals surface area contributed by atoms with Gasteiger partial charge in [-0.05, 0) is 29.4 Å². The van der Waals surface area contributed by atoms with E-state index in [9.17, 15) is 0 Å². The zero-order valence-electron chi connectivity index (χ0n) is 13.1. The zero-order valence-corrected chi connectivity index (χ0v) is 14.0. The number of rotatable bonds is 7. The molecular formula is C16H33NS. The third-order valence-electron chi connectivity index (χ3n) is 4.40. The van der Waals surface area contributed by atoms with E-state index in [4.69, 9.17) is 0 Å². The molecule has 0 radical (unpaired) electrons. The Kier molecular flexibility index (Phi) is 6.54. The smallest absolute Gasteiger partial charge is 0.0209 e. The average Bonchev–Trinajstić information content (AvgIpc) is 2.27. The summed E-state index contributed by atoms with van der Waals surface area (Å²) in [6.45, 7) is 13.1. The fourth-order valence-corrected chi connectivity index (χ4v) is 4.25. The minimum atomic E-state index is 0.452. The van der Waals surface area contributed by atoms with Crippen molar-refractivity contribution in [3.8, 4) is 0 Å². The molecule has 18 heavy (non-hydrogen) atoms. The molecule has 0 aliphatic carbocycles. The van der Waals surface area contributed by atoms with Gasteiger partial charge in [-0.1, -0.05) is 53.9 Å². The molecule has 0 spiro atoms. The molecule has 1 fully saturated rings. The van der Waals surface area contributed by atoms with Crippen molar-refractivity contribution in [1.29, 1.82) is 0 Å². The highest BCUT2D eigenvalue weighted by Crippen LogP contribution is 2.35. The molecule has 108 valence electrons. The second-order valence-electron chi connectivity index (χ2n) is 7.37. The predicted molar refractivity (Wildman–Crippen MR) is 85.4 cm³/mol. The Morgan fingerprint density at radius 2 is 2.00 bits per heavy atom. The monoisotopic (exact) mass is 271 g/mol. The van der Waals surface area contributed by atoms with Crippen molar-refractivity contribution in [2.45, 2.75) is 72.8 Å². The predicted octanol–water partition coefficient (Wildman–Crippen LogP) is 4.71. The summed E-state index contributed by atoms with van der Waals surface area (Å²) < 4.78 is 0. The van der Waals surface area contributed by atoms with Gasteiger partial charge in [0.15, 0.2) is 0 Å². The summed E-state index contributed by atoms with van der Waals surface area (Å²) in [4.78, 5) is 0. The Bertz CT molecular complexity index is 235. The second-order valence-corrected chi connectivity index (χ2v) is 8.52. The zero-order chi connectivity index (χ0) is 13.6. The van der Waals surface area contributed by atoms with Crippen molar-refractivity contribution < 1.29 is 0 Å². The van der Waals surface area contributed by atoms with Crippen LogP contribution in [-0.2, 0) is 0 Å². The van der Waals surface area contributed by atoms with Gasteiger partial charge in [0.2, 0.25) is 0 Å². The van der Waals surface area contributed by atoms with Crippen molar-refractivity contribution in [3.05, 3.63) is 0 Å². The van der Waals surface area contributed by atoms with Crippen LogP contribution in [0.2, 0.25) is 0 Å². The van der Waals surface area contributed by atoms with E-state index in [2.05, 4.69) is 51.7 Å². The maximum atomic E-state index is 3.86. The summed E-state index contributed by atoms with van der Waals surface area (Å²) in [5.74, 6) is 2.63. The molecule has 1 atom stereocenters. The molecule has 1 saturated heterocycles. The first kappa shape index (κ1) is 16.4. The topological polar surface area (TPSA) is 12.0 Å². The van der Waals surface area contributed by atoms with Crippen molar-refractivity contribution in [1.82, 2.24) is 5.32 Å². The van der Waals surface area contributed by atoms with E-state index < -0.39 is 0 Å². The van der Waals surface area contributed by atoms with Gasteiger partial charge >= 0.3 is 0 Å². The number of nitrogens with one attached hydrogen (secondary N) is 1. The number of hydrogen-bond donors (Lipinski definition) is 1. The molecule has 0 amide bonds. The number of hydrogen-bond acceptors (Lipinski definition) is 2. The highest BCUT2D eigenvalue weighted by atomic mass is 32.2. The lowest BCUT2D eigenvalue weighted by Crippen LogP contribution is -2.49. The summed E-state index contributed by atoms with van der Waals surface area (Å²) in [5.41, 5.74) is 0.929. The average molecular weight is 272 g/mol. The molecule has 0 saturated carbocycles. The molecule has 1 nitrogen and oxygen atoms in total. The Hall–Kier alpha value is 0.310. The van der Waals surface area contributed by atoms with Crippen LogP contribution in [0.4, 0.5) is 0 Å². The van der Waals surface area contributed by atoms with Gasteiger partial charge in [-0.15, -0.1) is 0 Å². The summed E-state index contributed by atoms with van der Waals surface area (Å²) in [7, 11) is 0. The standard InChI is InChI=1S/C16H33NS/c1-6-7-8-9-15(2,3)13-17-14-12-18-11-10-16(14,4)5/h14,17H,6-13H2,1-5H3. The molecule has 1 aliphatic heterocycles. The largest absolute Gasteiger partial charge is 0.312 e. The van der Waals surface area contributed by atoms with Crippen LogP contribution in [0.25, 0.3) is 0 Å². The summed E-state index contributed by atoms with van der Waals surface area (Å²) >= 11 is 2.11. The maximum absolute atomic E-state index is 3.86. The minimum Gasteiger partial charge on any atom is -0.312 e. The van der Waals surface area contributed by atoms with Gasteiger partial charge < -0.3 is 5.32 Å². The quantitative estimate of drug-likeness (QED) is 0.673. The van der Waals surface area contributed by atoms with Crippen LogP contribution >= 0.6 is 11.8 Å². The Labute approximate surface area is 119 Å². The third kappa shape index (κ3) is 5.52. The lowest BCUT2D eigenvalue weighted by Gasteiger charge is -2.40. The summed E-state index contributed by atoms with van der Waals surface area (Å²) in [5, 5.41) is 3.86. The van der Waals surface area contributed by atoms with Crippen LogP contribution in [0.15, 0.2) is 0 Å². The first-order chi connectivity index (χ1) is 8.37. The van der Waals surface area contributed by atoms with E-state index in [1.807, 2.05) is 0 Å². The van der Waals surface area contributed by atoms with Crippen LogP contribution in [0, 0.1) is 10.8 Å². The normalized spacial score (nSPS) is 24.2. The molecular weight excluding hydrogens is 238 g/mol. The minimum absolute atomic E-state index is 0.452. The van der Waals surface area contributed by atoms with E-state index >= 15 is 0 Å². The van der Waals surface area contributed by atoms with Gasteiger partial charge in [0.1, 0.15) is 0 Å². The van der Waals surface area contributed by atoms with Crippen molar-refractivity contribution in [2.75, 3.05) is 18.1 Å². The first-order valence-corrected chi connectivity index (χ1v) is 8.84. The molecule has 0 aromatic rings. The van der Waals surface area contributed by atoms with E-state index in [0.717, 1.165) is 0 Å². The molecule has 1 N–H and O–H groups in total. The molecule has 1 heterocycles. The second kappa shape index (κ2) is 7.19. The van der Waals surface area contributed by atoms with Gasteiger partial charge in [0, 0.05) is 18.3 Å². The van der Waals surface area contributed by atoms with Gasteiger partial charge in [0.25, 0.3) is 0 Å². The molecule has 0 bridgehead atoms. The Morgan fingerprint density at radius 1 is 1.28 bits per heavy atom. The van der Waals surface area contributed by atoms with Crippen LogP contribution in [0.3, 0.4) is 0 Å². The van der Waals surface area contributed by atoms with Crippen LogP contribution in [0.5, 0.6) is 0 Å². The van der Waals surface area contributed by atoms with Crippen LogP contribution in [-0.4, -0.2) is 24.1 Å². The SMILES string of the molecule is CCCCCC(C)(C)CNC1CSCCC1(C)C. The van der Waals surface area contributed by atoms with Gasteiger partial charge in [-0.3, -0.25) is 0 Å². The van der Waals surface area contributed by atoms with E-state index in [1.165, 1.54) is 50.2 Å². The molecule has 1 rings (SSSR count).